The van der Waals surface area contributed by atoms with Crippen LogP contribution in [0.5, 0.6) is 0 Å². The highest BCUT2D eigenvalue weighted by molar-refractivity contribution is 5.34. The largest absolute Gasteiger partial charge is 0.338 e. The van der Waals surface area contributed by atoms with Crippen molar-refractivity contribution in [2.45, 2.75) is 32.7 Å². The smallest absolute Gasteiger partial charge is 0.227 e. The number of rotatable bonds is 3. The van der Waals surface area contributed by atoms with E-state index in [9.17, 15) is 0 Å². The lowest BCUT2D eigenvalue weighted by Gasteiger charge is -2.20. The summed E-state index contributed by atoms with van der Waals surface area (Å²) in [6, 6.07) is 0.715. The highest BCUT2D eigenvalue weighted by Gasteiger charge is 2.30. The second-order valence-electron chi connectivity index (χ2n) is 3.62. The fourth-order valence-electron chi connectivity index (χ4n) is 1.60. The predicted octanol–water partition coefficient (Wildman–Crippen LogP) is 1.11. The summed E-state index contributed by atoms with van der Waals surface area (Å²) in [5.41, 5.74) is 0. The van der Waals surface area contributed by atoms with Gasteiger partial charge in [0.2, 0.25) is 5.95 Å². The normalized spacial score (nSPS) is 16.2. The molecule has 4 heteroatoms. The van der Waals surface area contributed by atoms with Gasteiger partial charge in [-0.3, -0.25) is 0 Å². The van der Waals surface area contributed by atoms with Gasteiger partial charge in [-0.1, -0.05) is 0 Å². The second-order valence-corrected chi connectivity index (χ2v) is 3.62. The van der Waals surface area contributed by atoms with Crippen molar-refractivity contribution in [3.8, 4) is 0 Å². The van der Waals surface area contributed by atoms with Crippen LogP contribution in [0.2, 0.25) is 0 Å². The van der Waals surface area contributed by atoms with Crippen LogP contribution >= 0.6 is 0 Å². The van der Waals surface area contributed by atoms with Crippen LogP contribution in [0.1, 0.15) is 25.6 Å². The summed E-state index contributed by atoms with van der Waals surface area (Å²) in [5.74, 6) is 2.00. The number of aryl methyl sites for hydroxylation is 1. The van der Waals surface area contributed by atoms with E-state index in [0.29, 0.717) is 6.04 Å². The molecule has 1 fully saturated rings. The highest BCUT2D eigenvalue weighted by atomic mass is 15.4. The van der Waals surface area contributed by atoms with Crippen LogP contribution in [0.25, 0.3) is 0 Å². The first-order valence-electron chi connectivity index (χ1n) is 4.86. The average Bonchev–Trinajstić information content (AvgIpc) is 2.89. The molecule has 0 N–H and O–H groups in total. The lowest BCUT2D eigenvalue weighted by atomic mass is 10.5. The lowest BCUT2D eigenvalue weighted by Crippen LogP contribution is -2.27. The topological polar surface area (TPSA) is 34.0 Å². The fraction of sp³-hybridized carbons (Fsp3) is 0.778. The van der Waals surface area contributed by atoms with Crippen molar-refractivity contribution < 1.29 is 0 Å². The number of hydrogen-bond donors (Lipinski definition) is 0. The molecule has 1 aliphatic carbocycles. The summed E-state index contributed by atoms with van der Waals surface area (Å²) in [6.07, 6.45) is 2.61. The molecular formula is C9H16N4. The van der Waals surface area contributed by atoms with Crippen LogP contribution in [0.4, 0.5) is 5.95 Å². The van der Waals surface area contributed by atoms with Crippen LogP contribution in [0.3, 0.4) is 0 Å². The van der Waals surface area contributed by atoms with Gasteiger partial charge in [-0.05, 0) is 26.7 Å². The van der Waals surface area contributed by atoms with E-state index in [1.54, 1.807) is 0 Å². The first kappa shape index (κ1) is 8.53. The zero-order chi connectivity index (χ0) is 9.42. The Morgan fingerprint density at radius 2 is 2.15 bits per heavy atom. The molecule has 1 aliphatic rings. The second kappa shape index (κ2) is 3.01. The summed E-state index contributed by atoms with van der Waals surface area (Å²) < 4.78 is 2.06. The summed E-state index contributed by atoms with van der Waals surface area (Å²) in [6.45, 7) is 5.18. The van der Waals surface area contributed by atoms with Gasteiger partial charge in [0.25, 0.3) is 0 Å². The molecule has 2 rings (SSSR count). The van der Waals surface area contributed by atoms with Crippen LogP contribution in [0, 0.1) is 6.92 Å². The molecule has 1 aromatic heterocycles. The minimum Gasteiger partial charge on any atom is -0.338 e. The van der Waals surface area contributed by atoms with E-state index in [2.05, 4.69) is 26.6 Å². The quantitative estimate of drug-likeness (QED) is 0.698. The van der Waals surface area contributed by atoms with Gasteiger partial charge in [-0.15, -0.1) is 10.2 Å². The van der Waals surface area contributed by atoms with Gasteiger partial charge >= 0.3 is 0 Å². The molecule has 13 heavy (non-hydrogen) atoms. The van der Waals surface area contributed by atoms with Crippen molar-refractivity contribution in [2.75, 3.05) is 11.4 Å². The third-order valence-corrected chi connectivity index (χ3v) is 2.65. The van der Waals surface area contributed by atoms with E-state index >= 15 is 0 Å². The van der Waals surface area contributed by atoms with E-state index in [1.807, 2.05) is 14.0 Å². The molecule has 1 saturated carbocycles. The zero-order valence-corrected chi connectivity index (χ0v) is 8.49. The van der Waals surface area contributed by atoms with Gasteiger partial charge in [-0.2, -0.15) is 0 Å². The van der Waals surface area contributed by atoms with Gasteiger partial charge in [0.1, 0.15) is 5.82 Å². The van der Waals surface area contributed by atoms with Gasteiger partial charge in [0.15, 0.2) is 0 Å². The molecule has 1 heterocycles. The molecule has 4 nitrogen and oxygen atoms in total. The fourth-order valence-corrected chi connectivity index (χ4v) is 1.60. The Labute approximate surface area is 78.6 Å². The van der Waals surface area contributed by atoms with E-state index < -0.39 is 0 Å². The van der Waals surface area contributed by atoms with Crippen molar-refractivity contribution >= 4 is 5.95 Å². The third kappa shape index (κ3) is 1.41. The van der Waals surface area contributed by atoms with Crippen LogP contribution in [0.15, 0.2) is 0 Å². The highest BCUT2D eigenvalue weighted by Crippen LogP contribution is 2.29. The molecular weight excluding hydrogens is 164 g/mol. The van der Waals surface area contributed by atoms with Crippen LogP contribution in [-0.2, 0) is 7.05 Å². The Morgan fingerprint density at radius 1 is 1.46 bits per heavy atom. The predicted molar refractivity (Wildman–Crippen MR) is 51.8 cm³/mol. The van der Waals surface area contributed by atoms with Crippen LogP contribution in [-0.4, -0.2) is 27.4 Å². The standard InChI is InChI=1S/C9H16N4/c1-4-13(8-5-6-8)9-11-10-7(2)12(9)3/h8H,4-6H2,1-3H3. The minimum atomic E-state index is 0.715. The SMILES string of the molecule is CCN(c1nnc(C)n1C)C1CC1. The summed E-state index contributed by atoms with van der Waals surface area (Å²) >= 11 is 0. The Balaban J connectivity index is 2.26. The van der Waals surface area contributed by atoms with Gasteiger partial charge < -0.3 is 9.47 Å². The van der Waals surface area contributed by atoms with E-state index in [4.69, 9.17) is 0 Å². The number of aromatic nitrogens is 3. The van der Waals surface area contributed by atoms with Crippen molar-refractivity contribution in [2.24, 2.45) is 7.05 Å². The third-order valence-electron chi connectivity index (χ3n) is 2.65. The molecule has 0 radical (unpaired) electrons. The summed E-state index contributed by atoms with van der Waals surface area (Å²) in [4.78, 5) is 2.33. The van der Waals surface area contributed by atoms with Gasteiger partial charge in [0, 0.05) is 19.6 Å². The zero-order valence-electron chi connectivity index (χ0n) is 8.49. The van der Waals surface area contributed by atoms with Crippen LogP contribution < -0.4 is 4.90 Å². The molecule has 0 unspecified atom stereocenters. The van der Waals surface area contributed by atoms with Gasteiger partial charge in [-0.25, -0.2) is 0 Å². The molecule has 0 bridgehead atoms. The molecule has 0 aliphatic heterocycles. The molecule has 1 aromatic rings. The maximum absolute atomic E-state index is 4.19. The van der Waals surface area contributed by atoms with Crippen molar-refractivity contribution in [3.63, 3.8) is 0 Å². The van der Waals surface area contributed by atoms with E-state index in [-0.39, 0.29) is 0 Å². The van der Waals surface area contributed by atoms with Crippen molar-refractivity contribution in [1.82, 2.24) is 14.8 Å². The van der Waals surface area contributed by atoms with Crippen molar-refractivity contribution in [1.29, 1.82) is 0 Å². The molecule has 0 spiro atoms. The average molecular weight is 180 g/mol. The minimum absolute atomic E-state index is 0.715. The lowest BCUT2D eigenvalue weighted by molar-refractivity contribution is 0.742. The van der Waals surface area contributed by atoms with E-state index in [0.717, 1.165) is 18.3 Å². The number of nitrogens with zero attached hydrogens (tertiary/aromatic N) is 4. The maximum atomic E-state index is 4.19. The summed E-state index contributed by atoms with van der Waals surface area (Å²) in [7, 11) is 2.02. The van der Waals surface area contributed by atoms with E-state index in [1.165, 1.54) is 12.8 Å². The Kier molecular flexibility index (Phi) is 1.98. The molecule has 0 amide bonds. The Bertz CT molecular complexity index is 301. The molecule has 0 saturated heterocycles. The molecule has 0 aromatic carbocycles. The first-order valence-corrected chi connectivity index (χ1v) is 4.86. The monoisotopic (exact) mass is 180 g/mol. The number of hydrogen-bond acceptors (Lipinski definition) is 3. The van der Waals surface area contributed by atoms with Crippen molar-refractivity contribution in [3.05, 3.63) is 5.82 Å². The Morgan fingerprint density at radius 3 is 2.54 bits per heavy atom. The first-order chi connectivity index (χ1) is 6.24. The molecule has 0 atom stereocenters. The Hall–Kier alpha value is -1.06. The molecule has 72 valence electrons. The van der Waals surface area contributed by atoms with Gasteiger partial charge in [0.05, 0.1) is 0 Å². The maximum Gasteiger partial charge on any atom is 0.227 e. The summed E-state index contributed by atoms with van der Waals surface area (Å²) in [5, 5.41) is 8.25. The number of anilines is 1.